The minimum atomic E-state index is 0.326. The molecule has 2 aromatic carbocycles. The number of benzene rings is 2. The molecule has 3 aromatic rings. The third-order valence-corrected chi connectivity index (χ3v) is 6.15. The highest BCUT2D eigenvalue weighted by Crippen LogP contribution is 2.38. The lowest BCUT2D eigenvalue weighted by molar-refractivity contribution is 0.374. The zero-order valence-corrected chi connectivity index (χ0v) is 18.3. The highest BCUT2D eigenvalue weighted by Gasteiger charge is 2.30. The number of hydrogen-bond acceptors (Lipinski definition) is 3. The summed E-state index contributed by atoms with van der Waals surface area (Å²) in [5, 5.41) is 10.0. The fourth-order valence-corrected chi connectivity index (χ4v) is 4.32. The first-order valence-electron chi connectivity index (χ1n) is 10.1. The number of aromatic nitrogens is 3. The summed E-state index contributed by atoms with van der Waals surface area (Å²) in [5.74, 6) is 3.00. The van der Waals surface area contributed by atoms with Crippen molar-refractivity contribution in [2.24, 2.45) is 0 Å². The van der Waals surface area contributed by atoms with Gasteiger partial charge in [0.25, 0.3) is 0 Å². The molecule has 1 aromatic heterocycles. The summed E-state index contributed by atoms with van der Waals surface area (Å²) in [4.78, 5) is 0. The second-order valence-electron chi connectivity index (χ2n) is 8.38. The molecule has 0 bridgehead atoms. The quantitative estimate of drug-likeness (QED) is 0.526. The van der Waals surface area contributed by atoms with Gasteiger partial charge in [-0.3, -0.25) is 9.05 Å². The standard InChI is InChI=1S/C23H28ClN4O/c1-16-7-5-6-14-28(2,3)21-15-18(24)10-13-20(21)27-22(16)25-26-23(27)17-8-11-19(29-4)12-9-17/h8-13,15-16H,5-7,14H2,1-4H3/q+1. The molecule has 0 N–H and O–H groups in total. The Morgan fingerprint density at radius 1 is 1.07 bits per heavy atom. The highest BCUT2D eigenvalue weighted by molar-refractivity contribution is 6.31. The van der Waals surface area contributed by atoms with Gasteiger partial charge in [0.05, 0.1) is 27.7 Å². The van der Waals surface area contributed by atoms with Crippen LogP contribution in [-0.2, 0) is 0 Å². The van der Waals surface area contributed by atoms with Crippen molar-refractivity contribution in [1.82, 2.24) is 19.2 Å². The molecule has 2 heterocycles. The molecule has 0 fully saturated rings. The Morgan fingerprint density at radius 3 is 2.55 bits per heavy atom. The molecule has 0 aliphatic carbocycles. The van der Waals surface area contributed by atoms with Crippen LogP contribution in [0.15, 0.2) is 42.5 Å². The van der Waals surface area contributed by atoms with Crippen molar-refractivity contribution < 1.29 is 4.74 Å². The van der Waals surface area contributed by atoms with E-state index < -0.39 is 0 Å². The minimum absolute atomic E-state index is 0.326. The Hall–Kier alpha value is -2.37. The van der Waals surface area contributed by atoms with E-state index in [1.54, 1.807) is 7.11 Å². The predicted octanol–water partition coefficient (Wildman–Crippen LogP) is 5.45. The second-order valence-corrected chi connectivity index (χ2v) is 8.82. The Balaban J connectivity index is 1.98. The van der Waals surface area contributed by atoms with E-state index in [-0.39, 0.29) is 0 Å². The summed E-state index contributed by atoms with van der Waals surface area (Å²) in [6, 6.07) is 14.1. The third kappa shape index (κ3) is 3.77. The van der Waals surface area contributed by atoms with Crippen molar-refractivity contribution in [2.45, 2.75) is 32.1 Å². The van der Waals surface area contributed by atoms with Crippen molar-refractivity contribution in [2.75, 3.05) is 27.7 Å². The van der Waals surface area contributed by atoms with E-state index in [1.165, 1.54) is 18.5 Å². The van der Waals surface area contributed by atoms with Crippen LogP contribution in [0.5, 0.6) is 5.75 Å². The van der Waals surface area contributed by atoms with Crippen LogP contribution in [0.4, 0.5) is 5.69 Å². The van der Waals surface area contributed by atoms with Crippen molar-refractivity contribution in [1.29, 1.82) is 0 Å². The van der Waals surface area contributed by atoms with Gasteiger partial charge in [0, 0.05) is 22.6 Å². The molecule has 0 spiro atoms. The van der Waals surface area contributed by atoms with Gasteiger partial charge >= 0.3 is 0 Å². The van der Waals surface area contributed by atoms with Crippen LogP contribution in [0, 0.1) is 0 Å². The van der Waals surface area contributed by atoms with Gasteiger partial charge in [-0.1, -0.05) is 18.5 Å². The molecule has 152 valence electrons. The molecule has 1 aliphatic rings. The molecule has 0 amide bonds. The molecule has 0 saturated heterocycles. The first-order valence-corrected chi connectivity index (χ1v) is 10.5. The normalized spacial score (nSPS) is 18.6. The fraction of sp³-hybridized carbons (Fsp3) is 0.391. The molecule has 0 saturated carbocycles. The van der Waals surface area contributed by atoms with Gasteiger partial charge in [0.15, 0.2) is 11.5 Å². The lowest BCUT2D eigenvalue weighted by atomic mass is 10.0. The van der Waals surface area contributed by atoms with Crippen LogP contribution in [0.2, 0.25) is 5.02 Å². The number of methoxy groups -OCH3 is 1. The zero-order valence-electron chi connectivity index (χ0n) is 17.5. The number of rotatable bonds is 2. The molecular formula is C23H28ClN4O+. The molecule has 1 aliphatic heterocycles. The monoisotopic (exact) mass is 411 g/mol. The minimum Gasteiger partial charge on any atom is -0.497 e. The predicted molar refractivity (Wildman–Crippen MR) is 119 cm³/mol. The molecule has 1 atom stereocenters. The van der Waals surface area contributed by atoms with Gasteiger partial charge in [0.1, 0.15) is 17.3 Å². The largest absolute Gasteiger partial charge is 0.497 e. The van der Waals surface area contributed by atoms with Gasteiger partial charge in [-0.25, -0.2) is 0 Å². The summed E-state index contributed by atoms with van der Waals surface area (Å²) >= 11 is 6.43. The maximum absolute atomic E-state index is 6.43. The van der Waals surface area contributed by atoms with E-state index in [1.807, 2.05) is 30.3 Å². The van der Waals surface area contributed by atoms with Crippen LogP contribution < -0.4 is 9.22 Å². The average Bonchev–Trinajstić information content (AvgIpc) is 3.15. The lowest BCUT2D eigenvalue weighted by Crippen LogP contribution is -2.42. The van der Waals surface area contributed by atoms with Gasteiger partial charge < -0.3 is 4.74 Å². The third-order valence-electron chi connectivity index (χ3n) is 5.91. The molecular weight excluding hydrogens is 384 g/mol. The summed E-state index contributed by atoms with van der Waals surface area (Å²) in [6.45, 7) is 3.31. The van der Waals surface area contributed by atoms with Gasteiger partial charge in [0.2, 0.25) is 0 Å². The molecule has 6 heteroatoms. The van der Waals surface area contributed by atoms with Crippen molar-refractivity contribution in [3.05, 3.63) is 53.3 Å². The van der Waals surface area contributed by atoms with E-state index in [4.69, 9.17) is 16.3 Å². The van der Waals surface area contributed by atoms with Crippen LogP contribution in [0.1, 0.15) is 37.9 Å². The number of halogens is 1. The summed E-state index contributed by atoms with van der Waals surface area (Å²) in [5.41, 5.74) is 3.29. The number of nitrogens with zero attached hydrogens (tertiary/aromatic N) is 4. The van der Waals surface area contributed by atoms with Crippen molar-refractivity contribution in [3.63, 3.8) is 0 Å². The SMILES string of the molecule is COc1ccc(-c2nnc3n2-c2ccc(Cl)cc2[N+](C)(C)CCCCC3C)cc1. The maximum Gasteiger partial charge on any atom is 0.168 e. The van der Waals surface area contributed by atoms with E-state index in [9.17, 15) is 0 Å². The zero-order chi connectivity index (χ0) is 20.6. The Labute approximate surface area is 177 Å². The maximum atomic E-state index is 6.43. The Morgan fingerprint density at radius 2 is 1.83 bits per heavy atom. The lowest BCUT2D eigenvalue weighted by Gasteiger charge is -2.33. The van der Waals surface area contributed by atoms with Gasteiger partial charge in [-0.15, -0.1) is 10.2 Å². The van der Waals surface area contributed by atoms with Crippen molar-refractivity contribution in [3.8, 4) is 22.8 Å². The van der Waals surface area contributed by atoms with Crippen LogP contribution in [0.25, 0.3) is 17.1 Å². The average molecular weight is 412 g/mol. The van der Waals surface area contributed by atoms with E-state index in [0.717, 1.165) is 51.1 Å². The number of quaternary nitrogens is 1. The van der Waals surface area contributed by atoms with Gasteiger partial charge in [-0.2, -0.15) is 0 Å². The molecule has 1 unspecified atom stereocenters. The fourth-order valence-electron chi connectivity index (χ4n) is 4.16. The molecule has 29 heavy (non-hydrogen) atoms. The van der Waals surface area contributed by atoms with Crippen LogP contribution >= 0.6 is 11.6 Å². The van der Waals surface area contributed by atoms with Crippen LogP contribution in [-0.4, -0.2) is 42.5 Å². The van der Waals surface area contributed by atoms with Crippen LogP contribution in [0.3, 0.4) is 0 Å². The number of ether oxygens (including phenoxy) is 1. The van der Waals surface area contributed by atoms with Gasteiger partial charge in [-0.05, 0) is 55.7 Å². The summed E-state index contributed by atoms with van der Waals surface area (Å²) in [7, 11) is 6.17. The Kier molecular flexibility index (Phi) is 5.36. The smallest absolute Gasteiger partial charge is 0.168 e. The summed E-state index contributed by atoms with van der Waals surface area (Å²) < 4.78 is 8.31. The topological polar surface area (TPSA) is 39.9 Å². The number of fused-ring (bicyclic) bond motifs is 3. The Bertz CT molecular complexity index is 1010. The van der Waals surface area contributed by atoms with E-state index in [2.05, 4.69) is 47.9 Å². The first kappa shape index (κ1) is 19.9. The van der Waals surface area contributed by atoms with Crippen molar-refractivity contribution >= 4 is 17.3 Å². The highest BCUT2D eigenvalue weighted by atomic mass is 35.5. The molecule has 4 rings (SSSR count). The van der Waals surface area contributed by atoms with E-state index in [0.29, 0.717) is 5.92 Å². The van der Waals surface area contributed by atoms with E-state index >= 15 is 0 Å². The second kappa shape index (κ2) is 7.81. The first-order chi connectivity index (χ1) is 13.9. The number of hydrogen-bond donors (Lipinski definition) is 0. The summed E-state index contributed by atoms with van der Waals surface area (Å²) in [6.07, 6.45) is 3.44. The molecule has 5 nitrogen and oxygen atoms in total. The molecule has 0 radical (unpaired) electrons.